The van der Waals surface area contributed by atoms with E-state index in [1.807, 2.05) is 48.5 Å². The maximum absolute atomic E-state index is 10.8. The Morgan fingerprint density at radius 3 is 1.35 bits per heavy atom. The summed E-state index contributed by atoms with van der Waals surface area (Å²) in [5, 5.41) is 0. The van der Waals surface area contributed by atoms with Gasteiger partial charge in [0.1, 0.15) is 17.7 Å². The van der Waals surface area contributed by atoms with Gasteiger partial charge in [-0.15, -0.1) is 0 Å². The molecule has 0 aromatic heterocycles. The maximum atomic E-state index is 10.8. The molecule has 40 heavy (non-hydrogen) atoms. The summed E-state index contributed by atoms with van der Waals surface area (Å²) in [6.07, 6.45) is 3.20. The Balaban J connectivity index is -0.000000514. The molecule has 2 atom stereocenters. The molecular weight excluding hydrogens is 516 g/mol. The number of ketones is 3. The summed E-state index contributed by atoms with van der Waals surface area (Å²) in [6.45, 7) is 22.8. The second-order valence-corrected chi connectivity index (χ2v) is 11.9. The Morgan fingerprint density at radius 1 is 0.600 bits per heavy atom. The molecule has 0 aliphatic rings. The van der Waals surface area contributed by atoms with Gasteiger partial charge in [-0.05, 0) is 95.4 Å². The number of ether oxygens (including phenoxy) is 6. The molecule has 0 heterocycles. The van der Waals surface area contributed by atoms with Crippen molar-refractivity contribution in [2.75, 3.05) is 47.8 Å². The summed E-state index contributed by atoms with van der Waals surface area (Å²) >= 11 is 0. The van der Waals surface area contributed by atoms with Gasteiger partial charge in [0.05, 0.1) is 36.1 Å². The largest absolute Gasteiger partial charge is 0.381 e. The zero-order valence-corrected chi connectivity index (χ0v) is 28.2. The number of carbonyl (C=O) groups is 3. The molecule has 0 N–H and O–H groups in total. The van der Waals surface area contributed by atoms with Crippen molar-refractivity contribution in [2.45, 2.75) is 137 Å². The van der Waals surface area contributed by atoms with Gasteiger partial charge in [0, 0.05) is 47.4 Å². The van der Waals surface area contributed by atoms with Gasteiger partial charge in [0.25, 0.3) is 0 Å². The summed E-state index contributed by atoms with van der Waals surface area (Å²) in [4.78, 5) is 32.1. The molecule has 0 bridgehead atoms. The molecule has 240 valence electrons. The van der Waals surface area contributed by atoms with E-state index < -0.39 is 0 Å². The third kappa shape index (κ3) is 31.3. The molecule has 0 aromatic rings. The summed E-state index contributed by atoms with van der Waals surface area (Å²) in [6, 6.07) is 0. The van der Waals surface area contributed by atoms with E-state index >= 15 is 0 Å². The van der Waals surface area contributed by atoms with Crippen molar-refractivity contribution in [3.8, 4) is 0 Å². The molecule has 0 radical (unpaired) electrons. The van der Waals surface area contributed by atoms with Crippen LogP contribution >= 0.6 is 0 Å². The van der Waals surface area contributed by atoms with Crippen LogP contribution in [0.4, 0.5) is 0 Å². The molecule has 0 fully saturated rings. The van der Waals surface area contributed by atoms with Crippen LogP contribution in [0.2, 0.25) is 0 Å². The van der Waals surface area contributed by atoms with Crippen LogP contribution in [-0.4, -0.2) is 94.1 Å². The van der Waals surface area contributed by atoms with Crippen molar-refractivity contribution in [2.24, 2.45) is 0 Å². The van der Waals surface area contributed by atoms with Crippen molar-refractivity contribution >= 4 is 17.3 Å². The lowest BCUT2D eigenvalue weighted by atomic mass is 10.1. The normalized spacial score (nSPS) is 13.3. The molecule has 0 aliphatic carbocycles. The Morgan fingerprint density at radius 2 is 1.00 bits per heavy atom. The minimum atomic E-state index is -0.298. The monoisotopic (exact) mass is 578 g/mol. The molecule has 0 spiro atoms. The first-order valence-electron chi connectivity index (χ1n) is 14.2. The Kier molecular flexibility index (Phi) is 25.2. The average Bonchev–Trinajstić information content (AvgIpc) is 2.83. The predicted molar refractivity (Wildman–Crippen MR) is 160 cm³/mol. The summed E-state index contributed by atoms with van der Waals surface area (Å²) in [5.41, 5.74) is -0.442. The molecule has 9 heteroatoms. The Labute approximate surface area is 245 Å². The number of hydrogen-bond donors (Lipinski definition) is 0. The Bertz CT molecular complexity index is 672. The Hall–Kier alpha value is -1.23. The van der Waals surface area contributed by atoms with Crippen LogP contribution < -0.4 is 0 Å². The van der Waals surface area contributed by atoms with E-state index in [0.717, 1.165) is 19.3 Å². The van der Waals surface area contributed by atoms with E-state index in [0.29, 0.717) is 39.3 Å². The lowest BCUT2D eigenvalue weighted by molar-refractivity contribution is -0.128. The van der Waals surface area contributed by atoms with Crippen LogP contribution in [-0.2, 0) is 42.8 Å². The molecule has 0 aliphatic heterocycles. The van der Waals surface area contributed by atoms with Crippen LogP contribution in [0.15, 0.2) is 0 Å². The lowest BCUT2D eigenvalue weighted by Crippen LogP contribution is -2.27. The third-order valence-corrected chi connectivity index (χ3v) is 6.43. The number of rotatable bonds is 20. The fourth-order valence-electron chi connectivity index (χ4n) is 2.51. The van der Waals surface area contributed by atoms with E-state index in [2.05, 4.69) is 0 Å². The minimum Gasteiger partial charge on any atom is -0.381 e. The van der Waals surface area contributed by atoms with Crippen molar-refractivity contribution in [1.29, 1.82) is 0 Å². The van der Waals surface area contributed by atoms with E-state index in [1.54, 1.807) is 42.1 Å². The third-order valence-electron chi connectivity index (χ3n) is 6.43. The highest BCUT2D eigenvalue weighted by Gasteiger charge is 2.18. The fraction of sp³-hybridized carbons (Fsp3) is 0.903. The molecular formula is C31H62O9. The number of methoxy groups -OCH3 is 3. The SMILES string of the molecule is COC(C)(C)CCOC(C)C(C)=O.COC(C)(C)CCOC(C)CC(C)=O.COC(C)(C)CCOCCC(C)=O. The minimum absolute atomic E-state index is 0.0140. The molecule has 9 nitrogen and oxygen atoms in total. The summed E-state index contributed by atoms with van der Waals surface area (Å²) in [7, 11) is 5.06. The van der Waals surface area contributed by atoms with E-state index in [1.165, 1.54) is 6.92 Å². The number of hydrogen-bond acceptors (Lipinski definition) is 9. The zero-order valence-electron chi connectivity index (χ0n) is 28.2. The van der Waals surface area contributed by atoms with Crippen LogP contribution in [0.3, 0.4) is 0 Å². The van der Waals surface area contributed by atoms with Gasteiger partial charge in [-0.1, -0.05) is 0 Å². The first-order chi connectivity index (χ1) is 18.2. The molecule has 0 amide bonds. The highest BCUT2D eigenvalue weighted by atomic mass is 16.5. The maximum Gasteiger partial charge on any atom is 0.158 e. The zero-order chi connectivity index (χ0) is 32.0. The van der Waals surface area contributed by atoms with E-state index in [-0.39, 0.29) is 46.4 Å². The summed E-state index contributed by atoms with van der Waals surface area (Å²) < 4.78 is 31.8. The first kappa shape index (κ1) is 43.2. The van der Waals surface area contributed by atoms with Gasteiger partial charge >= 0.3 is 0 Å². The van der Waals surface area contributed by atoms with Gasteiger partial charge in [-0.2, -0.15) is 0 Å². The topological polar surface area (TPSA) is 107 Å². The van der Waals surface area contributed by atoms with Crippen LogP contribution in [0, 0.1) is 0 Å². The van der Waals surface area contributed by atoms with Gasteiger partial charge in [-0.25, -0.2) is 0 Å². The van der Waals surface area contributed by atoms with Gasteiger partial charge in [0.15, 0.2) is 5.78 Å². The molecule has 0 rings (SSSR count). The van der Waals surface area contributed by atoms with Crippen LogP contribution in [0.1, 0.15) is 108 Å². The van der Waals surface area contributed by atoms with Crippen molar-refractivity contribution < 1.29 is 42.8 Å². The van der Waals surface area contributed by atoms with E-state index in [4.69, 9.17) is 28.4 Å². The molecule has 0 aromatic carbocycles. The second-order valence-electron chi connectivity index (χ2n) is 11.9. The second kappa shape index (κ2) is 23.3. The highest BCUT2D eigenvalue weighted by molar-refractivity contribution is 5.79. The lowest BCUT2D eigenvalue weighted by Gasteiger charge is -2.23. The smallest absolute Gasteiger partial charge is 0.158 e. The van der Waals surface area contributed by atoms with Crippen molar-refractivity contribution in [3.63, 3.8) is 0 Å². The van der Waals surface area contributed by atoms with Crippen LogP contribution in [0.25, 0.3) is 0 Å². The number of Topliss-reactive ketones (excluding diaryl/α,β-unsaturated/α-hetero) is 3. The van der Waals surface area contributed by atoms with Crippen molar-refractivity contribution in [3.05, 3.63) is 0 Å². The molecule has 0 saturated heterocycles. The molecule has 2 unspecified atom stereocenters. The first-order valence-corrected chi connectivity index (χ1v) is 14.2. The fourth-order valence-corrected chi connectivity index (χ4v) is 2.51. The van der Waals surface area contributed by atoms with Crippen molar-refractivity contribution in [1.82, 2.24) is 0 Å². The average molecular weight is 579 g/mol. The number of carbonyl (C=O) groups excluding carboxylic acids is 3. The summed E-state index contributed by atoms with van der Waals surface area (Å²) in [5.74, 6) is 0.407. The van der Waals surface area contributed by atoms with Gasteiger partial charge in [0.2, 0.25) is 0 Å². The standard InChI is InChI=1S/C11H22O3.2C10H20O3/c1-9(12)8-10(2)14-7-6-11(3,4)13-5;1-8(11)9(2)13-7-6-10(3,4)12-5;1-9(11)5-7-13-8-6-10(2,3)12-4/h10H,6-8H2,1-5H3;9H,6-7H2,1-5H3;5-8H2,1-4H3. The quantitative estimate of drug-likeness (QED) is 0.166. The van der Waals surface area contributed by atoms with Gasteiger partial charge in [-0.3, -0.25) is 14.4 Å². The van der Waals surface area contributed by atoms with E-state index in [9.17, 15) is 14.4 Å². The predicted octanol–water partition coefficient (Wildman–Crippen LogP) is 5.78. The molecule has 0 saturated carbocycles. The van der Waals surface area contributed by atoms with Crippen LogP contribution in [0.5, 0.6) is 0 Å². The highest BCUT2D eigenvalue weighted by Crippen LogP contribution is 2.14. The van der Waals surface area contributed by atoms with Gasteiger partial charge < -0.3 is 28.4 Å².